The molecule has 3 heterocycles. The Labute approximate surface area is 187 Å². The minimum absolute atomic E-state index is 0.115. The molecule has 1 aliphatic rings. The largest absolute Gasteiger partial charge is 0.381 e. The lowest BCUT2D eigenvalue weighted by Crippen LogP contribution is -2.39. The van der Waals surface area contributed by atoms with Crippen LogP contribution in [0.15, 0.2) is 67.0 Å². The number of fused-ring (bicyclic) bond motifs is 1. The van der Waals surface area contributed by atoms with E-state index in [0.29, 0.717) is 18.9 Å². The number of para-hydroxylation sites is 1. The summed E-state index contributed by atoms with van der Waals surface area (Å²) in [7, 11) is 1.92. The summed E-state index contributed by atoms with van der Waals surface area (Å²) in [5.41, 5.74) is 5.83. The van der Waals surface area contributed by atoms with Crippen LogP contribution in [-0.2, 0) is 18.2 Å². The van der Waals surface area contributed by atoms with E-state index in [1.165, 1.54) is 5.56 Å². The SMILES string of the molecule is Cn1cc(-c2ccc(Cc3cc(C(=O)NC4CCOCC4)nc4ccccc34)cc2)cn1. The zero-order valence-corrected chi connectivity index (χ0v) is 18.1. The molecule has 1 N–H and O–H groups in total. The molecule has 4 aromatic rings. The maximum Gasteiger partial charge on any atom is 0.270 e. The molecule has 0 bridgehead atoms. The van der Waals surface area contributed by atoms with Gasteiger partial charge >= 0.3 is 0 Å². The molecule has 32 heavy (non-hydrogen) atoms. The van der Waals surface area contributed by atoms with E-state index in [-0.39, 0.29) is 11.9 Å². The first-order valence-electron chi connectivity index (χ1n) is 11.0. The highest BCUT2D eigenvalue weighted by Gasteiger charge is 2.19. The van der Waals surface area contributed by atoms with Gasteiger partial charge in [-0.1, -0.05) is 42.5 Å². The van der Waals surface area contributed by atoms with Crippen molar-refractivity contribution < 1.29 is 9.53 Å². The van der Waals surface area contributed by atoms with Gasteiger partial charge in [-0.2, -0.15) is 5.10 Å². The smallest absolute Gasteiger partial charge is 0.270 e. The lowest BCUT2D eigenvalue weighted by atomic mass is 9.98. The first kappa shape index (κ1) is 20.4. The van der Waals surface area contributed by atoms with Crippen LogP contribution in [0.4, 0.5) is 0 Å². The molecule has 0 aliphatic carbocycles. The second-order valence-electron chi connectivity index (χ2n) is 8.32. The zero-order chi connectivity index (χ0) is 21.9. The molecule has 2 aromatic carbocycles. The topological polar surface area (TPSA) is 69.0 Å². The number of aromatic nitrogens is 3. The molecule has 1 fully saturated rings. The van der Waals surface area contributed by atoms with Gasteiger partial charge in [0.1, 0.15) is 5.69 Å². The third-order valence-corrected chi connectivity index (χ3v) is 5.98. The molecule has 1 amide bonds. The molecule has 6 nitrogen and oxygen atoms in total. The van der Waals surface area contributed by atoms with Crippen LogP contribution < -0.4 is 5.32 Å². The first-order chi connectivity index (χ1) is 15.7. The molecule has 1 saturated heterocycles. The Morgan fingerprint density at radius 1 is 1.09 bits per heavy atom. The summed E-state index contributed by atoms with van der Waals surface area (Å²) in [4.78, 5) is 17.6. The van der Waals surface area contributed by atoms with Crippen molar-refractivity contribution in [1.29, 1.82) is 0 Å². The molecule has 2 aromatic heterocycles. The van der Waals surface area contributed by atoms with Crippen molar-refractivity contribution >= 4 is 16.8 Å². The van der Waals surface area contributed by atoms with Gasteiger partial charge in [-0.15, -0.1) is 0 Å². The van der Waals surface area contributed by atoms with Gasteiger partial charge in [-0.25, -0.2) is 4.98 Å². The number of aryl methyl sites for hydroxylation is 1. The quantitative estimate of drug-likeness (QED) is 0.521. The average Bonchev–Trinajstić information content (AvgIpc) is 3.26. The minimum Gasteiger partial charge on any atom is -0.381 e. The monoisotopic (exact) mass is 426 g/mol. The lowest BCUT2D eigenvalue weighted by molar-refractivity contribution is 0.0694. The van der Waals surface area contributed by atoms with E-state index in [9.17, 15) is 4.79 Å². The van der Waals surface area contributed by atoms with Crippen LogP contribution in [0.2, 0.25) is 0 Å². The summed E-state index contributed by atoms with van der Waals surface area (Å²) in [6, 6.07) is 18.6. The number of rotatable bonds is 5. The van der Waals surface area contributed by atoms with Crippen LogP contribution in [0, 0.1) is 0 Å². The fourth-order valence-electron chi connectivity index (χ4n) is 4.22. The number of benzene rings is 2. The number of amides is 1. The maximum atomic E-state index is 12.9. The van der Waals surface area contributed by atoms with Crippen LogP contribution in [-0.4, -0.2) is 39.9 Å². The predicted octanol–water partition coefficient (Wildman–Crippen LogP) is 4.13. The second kappa shape index (κ2) is 8.93. The Hall–Kier alpha value is -3.51. The Kier molecular flexibility index (Phi) is 5.69. The number of ether oxygens (including phenoxy) is 1. The number of hydrogen-bond acceptors (Lipinski definition) is 4. The summed E-state index contributed by atoms with van der Waals surface area (Å²) >= 11 is 0. The molecule has 0 unspecified atom stereocenters. The van der Waals surface area contributed by atoms with Crippen LogP contribution in [0.3, 0.4) is 0 Å². The molecule has 0 saturated carbocycles. The number of nitrogens with zero attached hydrogens (tertiary/aromatic N) is 3. The van der Waals surface area contributed by atoms with Gasteiger partial charge in [0, 0.05) is 43.4 Å². The second-order valence-corrected chi connectivity index (χ2v) is 8.32. The van der Waals surface area contributed by atoms with E-state index >= 15 is 0 Å². The molecule has 1 aliphatic heterocycles. The number of pyridine rings is 1. The highest BCUT2D eigenvalue weighted by atomic mass is 16.5. The summed E-state index contributed by atoms with van der Waals surface area (Å²) in [6.07, 6.45) is 6.29. The van der Waals surface area contributed by atoms with Gasteiger partial charge in [0.15, 0.2) is 0 Å². The van der Waals surface area contributed by atoms with E-state index in [1.54, 1.807) is 4.68 Å². The fraction of sp³-hybridized carbons (Fsp3) is 0.269. The molecule has 5 rings (SSSR count). The number of carbonyl (C=O) groups excluding carboxylic acids is 1. The summed E-state index contributed by atoms with van der Waals surface area (Å²) in [5.74, 6) is -0.115. The fourth-order valence-corrected chi connectivity index (χ4v) is 4.22. The third-order valence-electron chi connectivity index (χ3n) is 5.98. The molecule has 162 valence electrons. The van der Waals surface area contributed by atoms with Crippen molar-refractivity contribution in [3.8, 4) is 11.1 Å². The average molecular weight is 427 g/mol. The lowest BCUT2D eigenvalue weighted by Gasteiger charge is -2.23. The van der Waals surface area contributed by atoms with Gasteiger partial charge in [0.05, 0.1) is 11.7 Å². The van der Waals surface area contributed by atoms with Gasteiger partial charge in [-0.3, -0.25) is 9.48 Å². The van der Waals surface area contributed by atoms with Crippen molar-refractivity contribution in [2.24, 2.45) is 7.05 Å². The van der Waals surface area contributed by atoms with E-state index in [1.807, 2.05) is 43.7 Å². The van der Waals surface area contributed by atoms with Crippen LogP contribution >= 0.6 is 0 Å². The molecule has 6 heteroatoms. The third kappa shape index (κ3) is 4.41. The minimum atomic E-state index is -0.115. The van der Waals surface area contributed by atoms with Gasteiger partial charge in [-0.05, 0) is 48.1 Å². The Balaban J connectivity index is 1.41. The standard InChI is InChI=1S/C26H26N4O2/c1-30-17-21(16-27-30)19-8-6-18(7-9-19)14-20-15-25(29-24-5-3-2-4-23(20)24)26(31)28-22-10-12-32-13-11-22/h2-9,15-17,22H,10-14H2,1H3,(H,28,31). The Morgan fingerprint density at radius 3 is 2.62 bits per heavy atom. The molecule has 0 spiro atoms. The number of nitrogens with one attached hydrogen (secondary N) is 1. The van der Waals surface area contributed by atoms with E-state index in [4.69, 9.17) is 4.74 Å². The van der Waals surface area contributed by atoms with E-state index < -0.39 is 0 Å². The van der Waals surface area contributed by atoms with Crippen LogP contribution in [0.25, 0.3) is 22.0 Å². The summed E-state index contributed by atoms with van der Waals surface area (Å²) in [5, 5.41) is 8.45. The Morgan fingerprint density at radius 2 is 1.88 bits per heavy atom. The van der Waals surface area contributed by atoms with Gasteiger partial charge in [0.2, 0.25) is 0 Å². The first-order valence-corrected chi connectivity index (χ1v) is 11.0. The number of carbonyl (C=O) groups is 1. The van der Waals surface area contributed by atoms with Gasteiger partial charge < -0.3 is 10.1 Å². The zero-order valence-electron chi connectivity index (χ0n) is 18.1. The van der Waals surface area contributed by atoms with Crippen molar-refractivity contribution in [2.75, 3.05) is 13.2 Å². The summed E-state index contributed by atoms with van der Waals surface area (Å²) < 4.78 is 7.20. The van der Waals surface area contributed by atoms with Crippen LogP contribution in [0.5, 0.6) is 0 Å². The molecular weight excluding hydrogens is 400 g/mol. The molecule has 0 radical (unpaired) electrons. The van der Waals surface area contributed by atoms with Gasteiger partial charge in [0.25, 0.3) is 5.91 Å². The van der Waals surface area contributed by atoms with Crippen molar-refractivity contribution in [1.82, 2.24) is 20.1 Å². The summed E-state index contributed by atoms with van der Waals surface area (Å²) in [6.45, 7) is 1.38. The van der Waals surface area contributed by atoms with E-state index in [0.717, 1.165) is 46.9 Å². The normalized spacial score (nSPS) is 14.5. The van der Waals surface area contributed by atoms with Crippen molar-refractivity contribution in [3.63, 3.8) is 0 Å². The highest BCUT2D eigenvalue weighted by Crippen LogP contribution is 2.24. The highest BCUT2D eigenvalue weighted by molar-refractivity contribution is 5.96. The van der Waals surface area contributed by atoms with Crippen molar-refractivity contribution in [3.05, 3.63) is 83.8 Å². The molecule has 0 atom stereocenters. The van der Waals surface area contributed by atoms with Crippen molar-refractivity contribution in [2.45, 2.75) is 25.3 Å². The number of hydrogen-bond donors (Lipinski definition) is 1. The van der Waals surface area contributed by atoms with E-state index in [2.05, 4.69) is 45.7 Å². The predicted molar refractivity (Wildman–Crippen MR) is 125 cm³/mol. The van der Waals surface area contributed by atoms with Crippen LogP contribution in [0.1, 0.15) is 34.5 Å². The Bertz CT molecular complexity index is 1240. The molecular formula is C26H26N4O2. The maximum absolute atomic E-state index is 12.9.